The minimum atomic E-state index is 0.736. The molecule has 0 saturated carbocycles. The number of para-hydroxylation sites is 2. The summed E-state index contributed by atoms with van der Waals surface area (Å²) >= 11 is 0. The zero-order chi connectivity index (χ0) is 20.8. The average molecular weight is 407 g/mol. The number of hydrogen-bond donors (Lipinski definition) is 0. The number of aromatic nitrogens is 4. The van der Waals surface area contributed by atoms with E-state index in [-0.39, 0.29) is 0 Å². The summed E-state index contributed by atoms with van der Waals surface area (Å²) < 4.78 is 7.70. The topological polar surface area (TPSA) is 55.6 Å². The number of rotatable bonds is 3. The molecule has 0 fully saturated rings. The van der Waals surface area contributed by atoms with Gasteiger partial charge in [0.15, 0.2) is 11.5 Å². The molecule has 0 radical (unpaired) electrons. The quantitative estimate of drug-likeness (QED) is 0.440. The number of methoxy groups -OCH3 is 1. The van der Waals surface area contributed by atoms with Crippen LogP contribution in [0.1, 0.15) is 11.1 Å². The van der Waals surface area contributed by atoms with Crippen LogP contribution in [-0.2, 0) is 13.0 Å². The Bertz CT molecular complexity index is 1420. The predicted octanol–water partition coefficient (Wildman–Crippen LogP) is 4.52. The molecule has 0 N–H and O–H groups in total. The molecular weight excluding hydrogens is 386 g/mol. The van der Waals surface area contributed by atoms with Crippen LogP contribution in [0.4, 0.5) is 5.95 Å². The Morgan fingerprint density at radius 1 is 0.839 bits per heavy atom. The van der Waals surface area contributed by atoms with Crippen molar-refractivity contribution in [1.82, 2.24) is 19.6 Å². The van der Waals surface area contributed by atoms with Crippen LogP contribution in [0.2, 0.25) is 0 Å². The second-order valence-electron chi connectivity index (χ2n) is 7.75. The summed E-state index contributed by atoms with van der Waals surface area (Å²) in [5, 5.41) is 10.2. The number of nitrogens with zero attached hydrogens (tertiary/aromatic N) is 5. The van der Waals surface area contributed by atoms with Gasteiger partial charge in [0.2, 0.25) is 5.95 Å². The van der Waals surface area contributed by atoms with E-state index in [2.05, 4.69) is 43.8 Å². The molecule has 0 saturated heterocycles. The van der Waals surface area contributed by atoms with E-state index in [1.807, 2.05) is 48.5 Å². The van der Waals surface area contributed by atoms with Crippen molar-refractivity contribution < 1.29 is 4.74 Å². The predicted molar refractivity (Wildman–Crippen MR) is 121 cm³/mol. The van der Waals surface area contributed by atoms with Crippen LogP contribution in [0.15, 0.2) is 72.8 Å². The van der Waals surface area contributed by atoms with E-state index in [9.17, 15) is 0 Å². The normalized spacial score (nSPS) is 13.5. The van der Waals surface area contributed by atoms with E-state index in [4.69, 9.17) is 9.72 Å². The van der Waals surface area contributed by atoms with Gasteiger partial charge in [-0.1, -0.05) is 48.5 Å². The number of ether oxygens (including phenoxy) is 1. The van der Waals surface area contributed by atoms with Crippen LogP contribution >= 0.6 is 0 Å². The number of anilines is 1. The van der Waals surface area contributed by atoms with Gasteiger partial charge in [0, 0.05) is 18.5 Å². The molecule has 0 bridgehead atoms. The van der Waals surface area contributed by atoms with Crippen molar-refractivity contribution in [3.05, 3.63) is 83.9 Å². The number of hydrogen-bond acceptors (Lipinski definition) is 5. The zero-order valence-corrected chi connectivity index (χ0v) is 17.2. The van der Waals surface area contributed by atoms with Crippen molar-refractivity contribution in [1.29, 1.82) is 0 Å². The van der Waals surface area contributed by atoms with Gasteiger partial charge in [-0.3, -0.25) is 0 Å². The fourth-order valence-electron chi connectivity index (χ4n) is 4.45. The molecule has 6 heteroatoms. The van der Waals surface area contributed by atoms with Gasteiger partial charge in [0.1, 0.15) is 5.75 Å². The van der Waals surface area contributed by atoms with Crippen molar-refractivity contribution in [3.8, 4) is 17.1 Å². The summed E-state index contributed by atoms with van der Waals surface area (Å²) in [4.78, 5) is 7.41. The van der Waals surface area contributed by atoms with Gasteiger partial charge in [-0.25, -0.2) is 9.38 Å². The third-order valence-electron chi connectivity index (χ3n) is 5.99. The van der Waals surface area contributed by atoms with Gasteiger partial charge in [-0.05, 0) is 41.8 Å². The summed E-state index contributed by atoms with van der Waals surface area (Å²) in [5.74, 6) is 2.36. The van der Waals surface area contributed by atoms with Crippen LogP contribution in [0.25, 0.3) is 27.9 Å². The van der Waals surface area contributed by atoms with Crippen LogP contribution in [0, 0.1) is 0 Å². The molecule has 6 rings (SSSR count). The Hall–Kier alpha value is -3.93. The lowest BCUT2D eigenvalue weighted by molar-refractivity contribution is 0.416. The second-order valence-corrected chi connectivity index (χ2v) is 7.75. The fraction of sp³-hybridized carbons (Fsp3) is 0.160. The first kappa shape index (κ1) is 17.9. The summed E-state index contributed by atoms with van der Waals surface area (Å²) in [5.41, 5.74) is 5.37. The minimum absolute atomic E-state index is 0.736. The van der Waals surface area contributed by atoms with Crippen molar-refractivity contribution in [2.75, 3.05) is 18.6 Å². The molecule has 6 nitrogen and oxygen atoms in total. The van der Waals surface area contributed by atoms with Crippen molar-refractivity contribution in [2.45, 2.75) is 13.0 Å². The van der Waals surface area contributed by atoms with Crippen LogP contribution < -0.4 is 9.64 Å². The highest BCUT2D eigenvalue weighted by Crippen LogP contribution is 2.34. The maximum Gasteiger partial charge on any atom is 0.214 e. The van der Waals surface area contributed by atoms with Gasteiger partial charge in [0.05, 0.1) is 18.2 Å². The first-order chi connectivity index (χ1) is 15.3. The summed E-state index contributed by atoms with van der Waals surface area (Å²) in [6.07, 6.45) is 0.984. The van der Waals surface area contributed by atoms with Gasteiger partial charge in [0.25, 0.3) is 0 Å². The van der Waals surface area contributed by atoms with E-state index in [0.717, 1.165) is 59.1 Å². The maximum atomic E-state index is 5.62. The molecule has 0 aliphatic carbocycles. The molecule has 1 aliphatic rings. The first-order valence-corrected chi connectivity index (χ1v) is 10.4. The third-order valence-corrected chi connectivity index (χ3v) is 5.99. The largest absolute Gasteiger partial charge is 0.496 e. The van der Waals surface area contributed by atoms with Gasteiger partial charge in [-0.15, -0.1) is 10.2 Å². The smallest absolute Gasteiger partial charge is 0.214 e. The van der Waals surface area contributed by atoms with E-state index >= 15 is 0 Å². The van der Waals surface area contributed by atoms with Gasteiger partial charge >= 0.3 is 0 Å². The molecule has 5 aromatic rings. The standard InChI is InChI=1S/C25H21N5O/c1-31-22-13-7-5-11-20(22)24-28-27-23-19-10-4-6-12-21(19)26-25(30(23)24)29-15-14-17-8-2-3-9-18(17)16-29/h2-13H,14-16H2,1H3. The lowest BCUT2D eigenvalue weighted by Crippen LogP contribution is -2.32. The molecule has 1 aliphatic heterocycles. The van der Waals surface area contributed by atoms with Gasteiger partial charge < -0.3 is 9.64 Å². The zero-order valence-electron chi connectivity index (χ0n) is 17.2. The Kier molecular flexibility index (Phi) is 4.09. The third kappa shape index (κ3) is 2.83. The van der Waals surface area contributed by atoms with Crippen molar-refractivity contribution in [3.63, 3.8) is 0 Å². The molecule has 3 heterocycles. The van der Waals surface area contributed by atoms with E-state index in [1.165, 1.54) is 11.1 Å². The highest BCUT2D eigenvalue weighted by Gasteiger charge is 2.24. The Labute approximate surface area is 179 Å². The molecule has 0 unspecified atom stereocenters. The average Bonchev–Trinajstić information content (AvgIpc) is 3.28. The highest BCUT2D eigenvalue weighted by molar-refractivity contribution is 5.93. The molecule has 31 heavy (non-hydrogen) atoms. The molecule has 0 atom stereocenters. The van der Waals surface area contributed by atoms with Crippen LogP contribution in [-0.4, -0.2) is 33.2 Å². The molecule has 0 amide bonds. The van der Waals surface area contributed by atoms with Gasteiger partial charge in [-0.2, -0.15) is 0 Å². The number of fused-ring (bicyclic) bond motifs is 4. The lowest BCUT2D eigenvalue weighted by Gasteiger charge is -2.30. The van der Waals surface area contributed by atoms with Crippen molar-refractivity contribution in [2.24, 2.45) is 0 Å². The second kappa shape index (κ2) is 7.09. The molecule has 0 spiro atoms. The molecular formula is C25H21N5O. The Morgan fingerprint density at radius 2 is 1.61 bits per heavy atom. The maximum absolute atomic E-state index is 5.62. The lowest BCUT2D eigenvalue weighted by atomic mass is 10.0. The Balaban J connectivity index is 1.62. The SMILES string of the molecule is COc1ccccc1-c1nnc2c3ccccc3nc(N3CCc4ccccc4C3)n12. The van der Waals surface area contributed by atoms with Crippen LogP contribution in [0.3, 0.4) is 0 Å². The summed E-state index contributed by atoms with van der Waals surface area (Å²) in [7, 11) is 1.68. The monoisotopic (exact) mass is 407 g/mol. The number of benzene rings is 3. The summed E-state index contributed by atoms with van der Waals surface area (Å²) in [6, 6.07) is 24.7. The summed E-state index contributed by atoms with van der Waals surface area (Å²) in [6.45, 7) is 1.70. The molecule has 152 valence electrons. The Morgan fingerprint density at radius 3 is 2.52 bits per heavy atom. The van der Waals surface area contributed by atoms with E-state index in [1.54, 1.807) is 7.11 Å². The van der Waals surface area contributed by atoms with Crippen LogP contribution in [0.5, 0.6) is 5.75 Å². The molecule has 2 aromatic heterocycles. The minimum Gasteiger partial charge on any atom is -0.496 e. The molecule has 3 aromatic carbocycles. The van der Waals surface area contributed by atoms with E-state index in [0.29, 0.717) is 0 Å². The fourth-order valence-corrected chi connectivity index (χ4v) is 4.45. The van der Waals surface area contributed by atoms with Crippen molar-refractivity contribution >= 4 is 22.5 Å². The van der Waals surface area contributed by atoms with E-state index < -0.39 is 0 Å². The first-order valence-electron chi connectivity index (χ1n) is 10.4. The highest BCUT2D eigenvalue weighted by atomic mass is 16.5.